The fourth-order valence-electron chi connectivity index (χ4n) is 1.09. The zero-order valence-corrected chi connectivity index (χ0v) is 7.74. The van der Waals surface area contributed by atoms with E-state index in [0.717, 1.165) is 0 Å². The molecule has 0 spiro atoms. The molecule has 1 saturated heterocycles. The summed E-state index contributed by atoms with van der Waals surface area (Å²) in [6.45, 7) is 1.56. The van der Waals surface area contributed by atoms with Crippen LogP contribution in [0, 0.1) is 0 Å². The minimum absolute atomic E-state index is 0.245. The van der Waals surface area contributed by atoms with Gasteiger partial charge in [0.15, 0.2) is 0 Å². The number of carbonyl (C=O) groups is 3. The second-order valence-electron chi connectivity index (χ2n) is 2.89. The number of carbonyl (C=O) groups excluding carboxylic acids is 3. The van der Waals surface area contributed by atoms with E-state index in [1.54, 1.807) is 0 Å². The molecule has 1 rings (SSSR count). The molecule has 14 heavy (non-hydrogen) atoms. The second kappa shape index (κ2) is 4.59. The second-order valence-corrected chi connectivity index (χ2v) is 2.89. The molecule has 78 valence electrons. The number of hydrogen-bond acceptors (Lipinski definition) is 5. The normalized spacial score (nSPS) is 20.2. The molecule has 6 heteroatoms. The number of esters is 2. The van der Waals surface area contributed by atoms with E-state index in [-0.39, 0.29) is 12.6 Å². The molecule has 1 atom stereocenters. The highest BCUT2D eigenvalue weighted by Gasteiger charge is 2.31. The van der Waals surface area contributed by atoms with Crippen LogP contribution in [0.1, 0.15) is 19.8 Å². The Labute approximate surface area is 80.5 Å². The summed E-state index contributed by atoms with van der Waals surface area (Å²) in [5, 5.41) is 2.34. The Hall–Kier alpha value is -1.59. The molecule has 6 nitrogen and oxygen atoms in total. The lowest BCUT2D eigenvalue weighted by Crippen LogP contribution is -2.28. The molecule has 1 aliphatic rings. The number of alkyl carbamates (subject to hydrolysis) is 1. The Morgan fingerprint density at radius 3 is 2.79 bits per heavy atom. The van der Waals surface area contributed by atoms with Gasteiger partial charge < -0.3 is 14.8 Å². The lowest BCUT2D eigenvalue weighted by Gasteiger charge is -2.04. The summed E-state index contributed by atoms with van der Waals surface area (Å²) < 4.78 is 8.92. The minimum Gasteiger partial charge on any atom is -0.466 e. The van der Waals surface area contributed by atoms with Crippen molar-refractivity contribution in [2.45, 2.75) is 25.8 Å². The molecular formula is C8H11NO5. The highest BCUT2D eigenvalue weighted by molar-refractivity contribution is 5.95. The number of cyclic esters (lactones) is 2. The molecule has 1 fully saturated rings. The molecule has 1 heterocycles. The van der Waals surface area contributed by atoms with Crippen molar-refractivity contribution in [3.05, 3.63) is 0 Å². The van der Waals surface area contributed by atoms with E-state index in [2.05, 4.69) is 14.8 Å². The van der Waals surface area contributed by atoms with Crippen LogP contribution in [0.25, 0.3) is 0 Å². The first kappa shape index (κ1) is 10.5. The summed E-state index contributed by atoms with van der Waals surface area (Å²) >= 11 is 0. The fraction of sp³-hybridized carbons (Fsp3) is 0.625. The summed E-state index contributed by atoms with van der Waals surface area (Å²) in [4.78, 5) is 31.8. The van der Waals surface area contributed by atoms with Gasteiger partial charge >= 0.3 is 18.0 Å². The van der Waals surface area contributed by atoms with E-state index in [1.165, 1.54) is 6.92 Å². The maximum Gasteiger partial charge on any atom is 0.415 e. The van der Waals surface area contributed by atoms with Gasteiger partial charge in [0.25, 0.3) is 0 Å². The maximum atomic E-state index is 10.9. The Balaban J connectivity index is 2.16. The molecule has 1 amide bonds. The van der Waals surface area contributed by atoms with Crippen molar-refractivity contribution in [1.29, 1.82) is 0 Å². The van der Waals surface area contributed by atoms with E-state index in [9.17, 15) is 14.4 Å². The Bertz CT molecular complexity index is 262. The van der Waals surface area contributed by atoms with Gasteiger partial charge in [-0.15, -0.1) is 0 Å². The third kappa shape index (κ3) is 3.04. The summed E-state index contributed by atoms with van der Waals surface area (Å²) in [7, 11) is 0. The van der Waals surface area contributed by atoms with Crippen molar-refractivity contribution in [1.82, 2.24) is 5.32 Å². The quantitative estimate of drug-likeness (QED) is 0.392. The van der Waals surface area contributed by atoms with Gasteiger partial charge in [-0.3, -0.25) is 4.79 Å². The predicted octanol–water partition coefficient (Wildman–Crippen LogP) is -0.0353. The van der Waals surface area contributed by atoms with Gasteiger partial charge in [0.1, 0.15) is 6.04 Å². The molecule has 0 saturated carbocycles. The SMILES string of the molecule is CC(=O)OCCCC1NC(=O)OC1=O. The lowest BCUT2D eigenvalue weighted by molar-refractivity contribution is -0.141. The first-order valence-electron chi connectivity index (χ1n) is 4.25. The van der Waals surface area contributed by atoms with Crippen LogP contribution >= 0.6 is 0 Å². The molecular weight excluding hydrogens is 190 g/mol. The van der Waals surface area contributed by atoms with Crippen LogP contribution in [0.3, 0.4) is 0 Å². The smallest absolute Gasteiger partial charge is 0.415 e. The molecule has 0 aromatic rings. The number of amides is 1. The van der Waals surface area contributed by atoms with Gasteiger partial charge in [-0.1, -0.05) is 0 Å². The molecule has 0 aromatic carbocycles. The maximum absolute atomic E-state index is 10.9. The summed E-state index contributed by atoms with van der Waals surface area (Å²) in [5.74, 6) is -0.930. The summed E-state index contributed by atoms with van der Waals surface area (Å²) in [6.07, 6.45) is 0.213. The fourth-order valence-corrected chi connectivity index (χ4v) is 1.09. The van der Waals surface area contributed by atoms with Crippen LogP contribution in [0.4, 0.5) is 4.79 Å². The van der Waals surface area contributed by atoms with Crippen LogP contribution < -0.4 is 5.32 Å². The van der Waals surface area contributed by atoms with E-state index < -0.39 is 18.1 Å². The number of rotatable bonds is 4. The van der Waals surface area contributed by atoms with Gasteiger partial charge in [0.2, 0.25) is 0 Å². The monoisotopic (exact) mass is 201 g/mol. The topological polar surface area (TPSA) is 81.7 Å². The standard InChI is InChI=1S/C8H11NO5/c1-5(10)13-4-2-3-6-7(11)14-8(12)9-6/h6H,2-4H2,1H3,(H,9,12). The Kier molecular flexibility index (Phi) is 3.44. The van der Waals surface area contributed by atoms with E-state index in [4.69, 9.17) is 0 Å². The molecule has 0 radical (unpaired) electrons. The van der Waals surface area contributed by atoms with Crippen LogP contribution in [-0.2, 0) is 19.1 Å². The van der Waals surface area contributed by atoms with Crippen molar-refractivity contribution in [2.24, 2.45) is 0 Å². The van der Waals surface area contributed by atoms with Crippen LogP contribution in [0.15, 0.2) is 0 Å². The van der Waals surface area contributed by atoms with E-state index in [1.807, 2.05) is 0 Å². The zero-order chi connectivity index (χ0) is 10.6. The third-order valence-corrected chi connectivity index (χ3v) is 1.71. The van der Waals surface area contributed by atoms with Gasteiger partial charge in [-0.05, 0) is 12.8 Å². The predicted molar refractivity (Wildman–Crippen MR) is 44.3 cm³/mol. The third-order valence-electron chi connectivity index (χ3n) is 1.71. The van der Waals surface area contributed by atoms with Crippen molar-refractivity contribution in [3.8, 4) is 0 Å². The van der Waals surface area contributed by atoms with E-state index >= 15 is 0 Å². The van der Waals surface area contributed by atoms with Crippen molar-refractivity contribution >= 4 is 18.0 Å². The highest BCUT2D eigenvalue weighted by Crippen LogP contribution is 2.06. The highest BCUT2D eigenvalue weighted by atomic mass is 16.6. The van der Waals surface area contributed by atoms with E-state index in [0.29, 0.717) is 12.8 Å². The van der Waals surface area contributed by atoms with Crippen LogP contribution in [-0.4, -0.2) is 30.7 Å². The van der Waals surface area contributed by atoms with Gasteiger partial charge in [0, 0.05) is 6.92 Å². The van der Waals surface area contributed by atoms with Crippen LogP contribution in [0.2, 0.25) is 0 Å². The Morgan fingerprint density at radius 1 is 1.57 bits per heavy atom. The molecule has 1 N–H and O–H groups in total. The summed E-state index contributed by atoms with van der Waals surface area (Å²) in [5.41, 5.74) is 0. The molecule has 0 aromatic heterocycles. The first-order valence-corrected chi connectivity index (χ1v) is 4.25. The lowest BCUT2D eigenvalue weighted by atomic mass is 10.2. The number of ether oxygens (including phenoxy) is 2. The van der Waals surface area contributed by atoms with Crippen molar-refractivity contribution in [3.63, 3.8) is 0 Å². The van der Waals surface area contributed by atoms with Crippen molar-refractivity contribution < 1.29 is 23.9 Å². The Morgan fingerprint density at radius 2 is 2.29 bits per heavy atom. The van der Waals surface area contributed by atoms with Gasteiger partial charge in [-0.2, -0.15) is 0 Å². The molecule has 0 aliphatic carbocycles. The first-order chi connectivity index (χ1) is 6.59. The average molecular weight is 201 g/mol. The number of nitrogens with one attached hydrogen (secondary N) is 1. The minimum atomic E-state index is -0.715. The van der Waals surface area contributed by atoms with Crippen molar-refractivity contribution in [2.75, 3.05) is 6.61 Å². The summed E-state index contributed by atoms with van der Waals surface area (Å²) in [6, 6.07) is -0.599. The largest absolute Gasteiger partial charge is 0.466 e. The number of hydrogen-bond donors (Lipinski definition) is 1. The van der Waals surface area contributed by atoms with Crippen LogP contribution in [0.5, 0.6) is 0 Å². The zero-order valence-electron chi connectivity index (χ0n) is 7.74. The molecule has 1 unspecified atom stereocenters. The van der Waals surface area contributed by atoms with Gasteiger partial charge in [-0.25, -0.2) is 9.59 Å². The van der Waals surface area contributed by atoms with Gasteiger partial charge in [0.05, 0.1) is 6.61 Å². The molecule has 1 aliphatic heterocycles. The average Bonchev–Trinajstić information content (AvgIpc) is 2.39. The molecule has 0 bridgehead atoms.